The fourth-order valence-electron chi connectivity index (χ4n) is 3.69. The molecule has 0 bridgehead atoms. The van der Waals surface area contributed by atoms with Crippen LogP contribution in [0.1, 0.15) is 57.4 Å². The predicted molar refractivity (Wildman–Crippen MR) is 114 cm³/mol. The van der Waals surface area contributed by atoms with Crippen molar-refractivity contribution in [2.45, 2.75) is 77.5 Å². The second kappa shape index (κ2) is 8.78. The van der Waals surface area contributed by atoms with Gasteiger partial charge in [-0.05, 0) is 50.5 Å². The summed E-state index contributed by atoms with van der Waals surface area (Å²) in [6.45, 7) is 8.95. The van der Waals surface area contributed by atoms with Crippen molar-refractivity contribution in [1.29, 1.82) is 0 Å². The summed E-state index contributed by atoms with van der Waals surface area (Å²) in [6.07, 6.45) is 5.01. The van der Waals surface area contributed by atoms with Gasteiger partial charge in [0.05, 0.1) is 11.1 Å². The summed E-state index contributed by atoms with van der Waals surface area (Å²) < 4.78 is 1.72. The molecular formula is C20H29N3O2S2. The molecular weight excluding hydrogens is 378 g/mol. The van der Waals surface area contributed by atoms with E-state index in [2.05, 4.69) is 26.1 Å². The number of rotatable bonds is 7. The average Bonchev–Trinajstić information content (AvgIpc) is 3.01. The van der Waals surface area contributed by atoms with Crippen molar-refractivity contribution in [2.75, 3.05) is 5.75 Å². The smallest absolute Gasteiger partial charge is 0.263 e. The number of carbonyl (C=O) groups excluding carboxylic acids is 1. The van der Waals surface area contributed by atoms with Crippen LogP contribution in [-0.2, 0) is 24.2 Å². The molecule has 7 heteroatoms. The van der Waals surface area contributed by atoms with E-state index in [4.69, 9.17) is 4.98 Å². The average molecular weight is 408 g/mol. The van der Waals surface area contributed by atoms with Crippen LogP contribution in [0.2, 0.25) is 0 Å². The standard InChI is InChI=1S/C20H29N3O2S2/c1-5-13(6-2)21-16(24)11-26-20-22-18-17(19(25)23(20)7-3)14-9-8-12(4)10-15(14)27-18/h12-13H,5-11H2,1-4H3,(H,21,24)/t12-/m0/s1. The van der Waals surface area contributed by atoms with Crippen molar-refractivity contribution in [3.05, 3.63) is 20.8 Å². The normalized spacial score (nSPS) is 16.7. The molecule has 1 atom stereocenters. The Kier molecular flexibility index (Phi) is 6.63. The molecule has 0 aliphatic heterocycles. The highest BCUT2D eigenvalue weighted by atomic mass is 32.2. The Labute approximate surface area is 169 Å². The maximum absolute atomic E-state index is 13.1. The van der Waals surface area contributed by atoms with E-state index in [-0.39, 0.29) is 23.3 Å². The molecule has 1 N–H and O–H groups in total. The van der Waals surface area contributed by atoms with Crippen molar-refractivity contribution >= 4 is 39.2 Å². The second-order valence-corrected chi connectivity index (χ2v) is 9.37. The molecule has 2 aromatic rings. The van der Waals surface area contributed by atoms with Gasteiger partial charge in [-0.2, -0.15) is 0 Å². The third-order valence-corrected chi connectivity index (χ3v) is 7.50. The Balaban J connectivity index is 1.88. The fourth-order valence-corrected chi connectivity index (χ4v) is 5.98. The quantitative estimate of drug-likeness (QED) is 0.557. The molecule has 148 valence electrons. The van der Waals surface area contributed by atoms with Gasteiger partial charge >= 0.3 is 0 Å². The van der Waals surface area contributed by atoms with E-state index in [0.29, 0.717) is 17.6 Å². The van der Waals surface area contributed by atoms with Gasteiger partial charge in [-0.1, -0.05) is 32.5 Å². The molecule has 1 aliphatic carbocycles. The number of thioether (sulfide) groups is 1. The number of thiophene rings is 1. The van der Waals surface area contributed by atoms with E-state index < -0.39 is 0 Å². The predicted octanol–water partition coefficient (Wildman–Crippen LogP) is 4.00. The number of nitrogens with one attached hydrogen (secondary N) is 1. The zero-order chi connectivity index (χ0) is 19.6. The van der Waals surface area contributed by atoms with Gasteiger partial charge < -0.3 is 5.32 Å². The highest BCUT2D eigenvalue weighted by Crippen LogP contribution is 2.36. The molecule has 1 amide bonds. The van der Waals surface area contributed by atoms with Crippen molar-refractivity contribution < 1.29 is 4.79 Å². The minimum absolute atomic E-state index is 0.00463. The van der Waals surface area contributed by atoms with Crippen LogP contribution < -0.4 is 10.9 Å². The lowest BCUT2D eigenvalue weighted by atomic mass is 9.89. The third-order valence-electron chi connectivity index (χ3n) is 5.38. The molecule has 0 unspecified atom stereocenters. The van der Waals surface area contributed by atoms with Crippen molar-refractivity contribution in [2.24, 2.45) is 5.92 Å². The van der Waals surface area contributed by atoms with Crippen LogP contribution in [-0.4, -0.2) is 27.3 Å². The molecule has 0 fully saturated rings. The first kappa shape index (κ1) is 20.4. The Morgan fingerprint density at radius 2 is 2.11 bits per heavy atom. The van der Waals surface area contributed by atoms with Gasteiger partial charge in [0, 0.05) is 17.5 Å². The fraction of sp³-hybridized carbons (Fsp3) is 0.650. The van der Waals surface area contributed by atoms with Gasteiger partial charge in [0.1, 0.15) is 4.83 Å². The van der Waals surface area contributed by atoms with Crippen LogP contribution in [0.3, 0.4) is 0 Å². The minimum atomic E-state index is 0.00463. The Morgan fingerprint density at radius 3 is 2.78 bits per heavy atom. The van der Waals surface area contributed by atoms with Crippen LogP contribution in [0, 0.1) is 5.92 Å². The van der Waals surface area contributed by atoms with E-state index in [0.717, 1.165) is 42.3 Å². The van der Waals surface area contributed by atoms with Gasteiger partial charge in [-0.25, -0.2) is 4.98 Å². The van der Waals surface area contributed by atoms with Crippen LogP contribution in [0.25, 0.3) is 10.2 Å². The zero-order valence-electron chi connectivity index (χ0n) is 16.6. The van der Waals surface area contributed by atoms with E-state index in [1.54, 1.807) is 15.9 Å². The molecule has 1 aliphatic rings. The molecule has 0 aromatic carbocycles. The number of hydrogen-bond donors (Lipinski definition) is 1. The van der Waals surface area contributed by atoms with Crippen LogP contribution in [0.4, 0.5) is 0 Å². The van der Waals surface area contributed by atoms with Crippen molar-refractivity contribution in [3.8, 4) is 0 Å². The van der Waals surface area contributed by atoms with Gasteiger partial charge in [0.2, 0.25) is 5.91 Å². The van der Waals surface area contributed by atoms with E-state index >= 15 is 0 Å². The van der Waals surface area contributed by atoms with Crippen LogP contribution >= 0.6 is 23.1 Å². The molecule has 27 heavy (non-hydrogen) atoms. The number of amides is 1. The van der Waals surface area contributed by atoms with Gasteiger partial charge in [0.25, 0.3) is 5.56 Å². The van der Waals surface area contributed by atoms with Crippen molar-refractivity contribution in [3.63, 3.8) is 0 Å². The SMILES string of the molecule is CCC(CC)NC(=O)CSc1nc2sc3c(c2c(=O)n1CC)CC[C@H](C)C3. The summed E-state index contributed by atoms with van der Waals surface area (Å²) in [5.41, 5.74) is 1.27. The minimum Gasteiger partial charge on any atom is -0.353 e. The number of fused-ring (bicyclic) bond motifs is 3. The van der Waals surface area contributed by atoms with Crippen molar-refractivity contribution in [1.82, 2.24) is 14.9 Å². The maximum Gasteiger partial charge on any atom is 0.263 e. The van der Waals surface area contributed by atoms with Gasteiger partial charge in [0.15, 0.2) is 5.16 Å². The Morgan fingerprint density at radius 1 is 1.37 bits per heavy atom. The van der Waals surface area contributed by atoms with E-state index in [1.165, 1.54) is 22.2 Å². The number of aryl methyl sites for hydroxylation is 1. The zero-order valence-corrected chi connectivity index (χ0v) is 18.3. The summed E-state index contributed by atoms with van der Waals surface area (Å²) in [4.78, 5) is 32.3. The summed E-state index contributed by atoms with van der Waals surface area (Å²) in [5, 5.41) is 4.52. The lowest BCUT2D eigenvalue weighted by molar-refractivity contribution is -0.119. The molecule has 5 nitrogen and oxygen atoms in total. The molecule has 0 saturated carbocycles. The number of hydrogen-bond acceptors (Lipinski definition) is 5. The topological polar surface area (TPSA) is 64.0 Å². The Hall–Kier alpha value is -1.34. The van der Waals surface area contributed by atoms with Gasteiger partial charge in [-0.15, -0.1) is 11.3 Å². The molecule has 0 radical (unpaired) electrons. The number of carbonyl (C=O) groups is 1. The summed E-state index contributed by atoms with van der Waals surface area (Å²) in [5.74, 6) is 0.961. The highest BCUT2D eigenvalue weighted by molar-refractivity contribution is 7.99. The number of nitrogens with zero attached hydrogens (tertiary/aromatic N) is 2. The lowest BCUT2D eigenvalue weighted by Crippen LogP contribution is -2.35. The first-order valence-corrected chi connectivity index (χ1v) is 11.8. The summed E-state index contributed by atoms with van der Waals surface area (Å²) in [7, 11) is 0. The third kappa shape index (κ3) is 4.24. The second-order valence-electron chi connectivity index (χ2n) is 7.35. The molecule has 2 aromatic heterocycles. The molecule has 0 saturated heterocycles. The monoisotopic (exact) mass is 407 g/mol. The molecule has 2 heterocycles. The highest BCUT2D eigenvalue weighted by Gasteiger charge is 2.24. The first-order chi connectivity index (χ1) is 13.0. The van der Waals surface area contributed by atoms with Gasteiger partial charge in [-0.3, -0.25) is 14.2 Å². The number of aromatic nitrogens is 2. The van der Waals surface area contributed by atoms with Crippen LogP contribution in [0.5, 0.6) is 0 Å². The van der Waals surface area contributed by atoms with Crippen LogP contribution in [0.15, 0.2) is 9.95 Å². The first-order valence-electron chi connectivity index (χ1n) is 9.95. The summed E-state index contributed by atoms with van der Waals surface area (Å²) >= 11 is 3.03. The lowest BCUT2D eigenvalue weighted by Gasteiger charge is -2.17. The molecule has 3 rings (SSSR count). The molecule has 0 spiro atoms. The summed E-state index contributed by atoms with van der Waals surface area (Å²) in [6, 6.07) is 0.216. The van der Waals surface area contributed by atoms with E-state index in [9.17, 15) is 9.59 Å². The van der Waals surface area contributed by atoms with E-state index in [1.807, 2.05) is 6.92 Å². The largest absolute Gasteiger partial charge is 0.353 e. The Bertz CT molecular complexity index is 883. The maximum atomic E-state index is 13.1.